The molecule has 1 aromatic rings. The molecule has 0 saturated carbocycles. The quantitative estimate of drug-likeness (QED) is 0.872. The topological polar surface area (TPSA) is 48.4 Å². The first kappa shape index (κ1) is 14.6. The van der Waals surface area contributed by atoms with Crippen LogP contribution < -0.4 is 5.32 Å². The summed E-state index contributed by atoms with van der Waals surface area (Å²) in [7, 11) is 0. The number of nitrogens with one attached hydrogen (secondary N) is 1. The average molecular weight is 284 g/mol. The van der Waals surface area contributed by atoms with Gasteiger partial charge in [-0.1, -0.05) is 18.5 Å². The van der Waals surface area contributed by atoms with E-state index in [9.17, 15) is 5.11 Å². The van der Waals surface area contributed by atoms with Crippen molar-refractivity contribution in [2.75, 3.05) is 25.0 Å². The molecule has 19 heavy (non-hydrogen) atoms. The van der Waals surface area contributed by atoms with Crippen LogP contribution >= 0.6 is 11.6 Å². The summed E-state index contributed by atoms with van der Waals surface area (Å²) in [5, 5.41) is 13.5. The minimum Gasteiger partial charge on any atom is -0.393 e. The molecular weight excluding hydrogens is 262 g/mol. The van der Waals surface area contributed by atoms with Gasteiger partial charge < -0.3 is 10.4 Å². The molecular formula is C14H22ClN3O. The molecule has 0 aliphatic carbocycles. The van der Waals surface area contributed by atoms with E-state index in [0.717, 1.165) is 57.0 Å². The molecule has 4 nitrogen and oxygen atoms in total. The number of likely N-dealkylation sites (tertiary alicyclic amines) is 1. The minimum atomic E-state index is -0.141. The maximum atomic E-state index is 9.51. The molecule has 1 aliphatic heterocycles. The van der Waals surface area contributed by atoms with E-state index in [2.05, 4.69) is 22.1 Å². The highest BCUT2D eigenvalue weighted by Crippen LogP contribution is 2.20. The Labute approximate surface area is 119 Å². The predicted molar refractivity (Wildman–Crippen MR) is 78.5 cm³/mol. The number of piperidine rings is 1. The standard InChI is InChI=1S/C14H22ClN3O/c1-2-7-16-14-4-3-12(15)13(17-14)10-18-8-5-11(19)6-9-18/h3-4,11,19H,2,5-10H2,1H3,(H,16,17). The number of aromatic nitrogens is 1. The number of anilines is 1. The summed E-state index contributed by atoms with van der Waals surface area (Å²) < 4.78 is 0. The summed E-state index contributed by atoms with van der Waals surface area (Å²) in [6.45, 7) is 5.62. The van der Waals surface area contributed by atoms with Crippen LogP contribution in [0.25, 0.3) is 0 Å². The SMILES string of the molecule is CCCNc1ccc(Cl)c(CN2CCC(O)CC2)n1. The van der Waals surface area contributed by atoms with E-state index in [0.29, 0.717) is 5.02 Å². The van der Waals surface area contributed by atoms with Crippen LogP contribution in [0.1, 0.15) is 31.9 Å². The summed E-state index contributed by atoms with van der Waals surface area (Å²) >= 11 is 6.21. The van der Waals surface area contributed by atoms with Gasteiger partial charge in [-0.15, -0.1) is 0 Å². The van der Waals surface area contributed by atoms with E-state index in [1.165, 1.54) is 0 Å². The van der Waals surface area contributed by atoms with Crippen molar-refractivity contribution in [2.24, 2.45) is 0 Å². The van der Waals surface area contributed by atoms with E-state index in [4.69, 9.17) is 11.6 Å². The number of aliphatic hydroxyl groups excluding tert-OH is 1. The molecule has 1 fully saturated rings. The summed E-state index contributed by atoms with van der Waals surface area (Å²) in [5.74, 6) is 0.887. The van der Waals surface area contributed by atoms with Gasteiger partial charge in [0, 0.05) is 26.2 Å². The highest BCUT2D eigenvalue weighted by Gasteiger charge is 2.18. The normalized spacial score (nSPS) is 17.6. The van der Waals surface area contributed by atoms with Crippen LogP contribution in [0.2, 0.25) is 5.02 Å². The van der Waals surface area contributed by atoms with Crippen molar-refractivity contribution in [3.8, 4) is 0 Å². The number of halogens is 1. The van der Waals surface area contributed by atoms with Gasteiger partial charge in [0.2, 0.25) is 0 Å². The number of nitrogens with zero attached hydrogens (tertiary/aromatic N) is 2. The maximum absolute atomic E-state index is 9.51. The van der Waals surface area contributed by atoms with Crippen molar-refractivity contribution >= 4 is 17.4 Å². The Bertz CT molecular complexity index is 406. The van der Waals surface area contributed by atoms with Gasteiger partial charge >= 0.3 is 0 Å². The zero-order chi connectivity index (χ0) is 13.7. The minimum absolute atomic E-state index is 0.141. The molecule has 2 N–H and O–H groups in total. The number of hydrogen-bond donors (Lipinski definition) is 2. The fourth-order valence-electron chi connectivity index (χ4n) is 2.24. The summed E-state index contributed by atoms with van der Waals surface area (Å²) in [6, 6.07) is 3.82. The van der Waals surface area contributed by atoms with Crippen LogP contribution in [0.5, 0.6) is 0 Å². The molecule has 0 radical (unpaired) electrons. The largest absolute Gasteiger partial charge is 0.393 e. The van der Waals surface area contributed by atoms with Crippen molar-refractivity contribution in [3.05, 3.63) is 22.8 Å². The smallest absolute Gasteiger partial charge is 0.126 e. The first-order valence-corrected chi connectivity index (χ1v) is 7.36. The van der Waals surface area contributed by atoms with Crippen LogP contribution in [0.4, 0.5) is 5.82 Å². The highest BCUT2D eigenvalue weighted by atomic mass is 35.5. The predicted octanol–water partition coefficient (Wildman–Crippen LogP) is 2.51. The van der Waals surface area contributed by atoms with Crippen molar-refractivity contribution in [2.45, 2.75) is 38.8 Å². The fourth-order valence-corrected chi connectivity index (χ4v) is 2.40. The lowest BCUT2D eigenvalue weighted by Crippen LogP contribution is -2.35. The van der Waals surface area contributed by atoms with Crippen LogP contribution in [0, 0.1) is 0 Å². The number of rotatable bonds is 5. The Morgan fingerprint density at radius 1 is 1.42 bits per heavy atom. The number of pyridine rings is 1. The first-order valence-electron chi connectivity index (χ1n) is 6.98. The Hall–Kier alpha value is -0.840. The average Bonchev–Trinajstić information content (AvgIpc) is 2.42. The summed E-state index contributed by atoms with van der Waals surface area (Å²) in [4.78, 5) is 6.87. The Balaban J connectivity index is 1.98. The molecule has 0 bridgehead atoms. The molecule has 2 heterocycles. The third kappa shape index (κ3) is 4.34. The van der Waals surface area contributed by atoms with Crippen molar-refractivity contribution in [1.29, 1.82) is 0 Å². The number of aliphatic hydroxyl groups is 1. The van der Waals surface area contributed by atoms with Crippen LogP contribution in [0.3, 0.4) is 0 Å². The summed E-state index contributed by atoms with van der Waals surface area (Å²) in [6.07, 6.45) is 2.61. The van der Waals surface area contributed by atoms with Gasteiger partial charge in [0.25, 0.3) is 0 Å². The molecule has 5 heteroatoms. The van der Waals surface area contributed by atoms with E-state index in [1.807, 2.05) is 12.1 Å². The number of hydrogen-bond acceptors (Lipinski definition) is 4. The van der Waals surface area contributed by atoms with Gasteiger partial charge in [0.15, 0.2) is 0 Å². The monoisotopic (exact) mass is 283 g/mol. The van der Waals surface area contributed by atoms with E-state index >= 15 is 0 Å². The molecule has 1 aliphatic rings. The van der Waals surface area contributed by atoms with Crippen LogP contribution in [0.15, 0.2) is 12.1 Å². The molecule has 106 valence electrons. The Kier molecular flexibility index (Phi) is 5.43. The maximum Gasteiger partial charge on any atom is 0.126 e. The van der Waals surface area contributed by atoms with Crippen LogP contribution in [-0.4, -0.2) is 40.7 Å². The van der Waals surface area contributed by atoms with E-state index in [1.54, 1.807) is 0 Å². The van der Waals surface area contributed by atoms with Gasteiger partial charge in [0.1, 0.15) is 5.82 Å². The molecule has 2 rings (SSSR count). The molecule has 0 aromatic carbocycles. The summed E-state index contributed by atoms with van der Waals surface area (Å²) in [5.41, 5.74) is 0.916. The van der Waals surface area contributed by atoms with Crippen molar-refractivity contribution < 1.29 is 5.11 Å². The molecule has 1 saturated heterocycles. The zero-order valence-electron chi connectivity index (χ0n) is 11.4. The fraction of sp³-hybridized carbons (Fsp3) is 0.643. The van der Waals surface area contributed by atoms with E-state index in [-0.39, 0.29) is 6.10 Å². The molecule has 0 atom stereocenters. The molecule has 1 aromatic heterocycles. The van der Waals surface area contributed by atoms with Gasteiger partial charge in [-0.2, -0.15) is 0 Å². The van der Waals surface area contributed by atoms with Gasteiger partial charge in [-0.3, -0.25) is 4.90 Å². The van der Waals surface area contributed by atoms with E-state index < -0.39 is 0 Å². The van der Waals surface area contributed by atoms with Crippen molar-refractivity contribution in [1.82, 2.24) is 9.88 Å². The Morgan fingerprint density at radius 3 is 2.84 bits per heavy atom. The lowest BCUT2D eigenvalue weighted by atomic mass is 10.1. The lowest BCUT2D eigenvalue weighted by molar-refractivity contribution is 0.0787. The second-order valence-electron chi connectivity index (χ2n) is 5.06. The third-order valence-corrected chi connectivity index (χ3v) is 3.75. The van der Waals surface area contributed by atoms with Gasteiger partial charge in [0.05, 0.1) is 16.8 Å². The highest BCUT2D eigenvalue weighted by molar-refractivity contribution is 6.31. The Morgan fingerprint density at radius 2 is 2.16 bits per heavy atom. The third-order valence-electron chi connectivity index (χ3n) is 3.41. The van der Waals surface area contributed by atoms with Crippen LogP contribution in [-0.2, 0) is 6.54 Å². The van der Waals surface area contributed by atoms with Gasteiger partial charge in [-0.25, -0.2) is 4.98 Å². The lowest BCUT2D eigenvalue weighted by Gasteiger charge is -2.29. The second kappa shape index (κ2) is 7.08. The molecule has 0 unspecified atom stereocenters. The van der Waals surface area contributed by atoms with Gasteiger partial charge in [-0.05, 0) is 31.4 Å². The molecule has 0 amide bonds. The zero-order valence-corrected chi connectivity index (χ0v) is 12.2. The molecule has 0 spiro atoms. The second-order valence-corrected chi connectivity index (χ2v) is 5.47. The van der Waals surface area contributed by atoms with Crippen molar-refractivity contribution in [3.63, 3.8) is 0 Å². The first-order chi connectivity index (χ1) is 9.19.